The molecule has 0 aliphatic rings. The Kier molecular flexibility index (Phi) is 4.30. The zero-order chi connectivity index (χ0) is 18.1. The molecule has 1 amide bonds. The van der Waals surface area contributed by atoms with Crippen LogP contribution in [0.2, 0.25) is 0 Å². The highest BCUT2D eigenvalue weighted by Gasteiger charge is 2.16. The van der Waals surface area contributed by atoms with E-state index in [1.807, 2.05) is 6.92 Å². The van der Waals surface area contributed by atoms with Gasteiger partial charge in [-0.1, -0.05) is 0 Å². The molecule has 0 saturated carbocycles. The van der Waals surface area contributed by atoms with Gasteiger partial charge in [0.05, 0.1) is 18.6 Å². The van der Waals surface area contributed by atoms with E-state index in [1.54, 1.807) is 30.0 Å². The lowest BCUT2D eigenvalue weighted by molar-refractivity contribution is -0.122. The number of nitrogens with one attached hydrogen (secondary N) is 1. The monoisotopic (exact) mass is 345 g/mol. The van der Waals surface area contributed by atoms with Crippen molar-refractivity contribution in [3.05, 3.63) is 51.3 Å². The molecule has 0 spiro atoms. The number of rotatable bonds is 5. The summed E-state index contributed by atoms with van der Waals surface area (Å²) in [5.74, 6) is 0.498. The topological polar surface area (TPSA) is 104 Å². The van der Waals surface area contributed by atoms with Crippen LogP contribution >= 0.6 is 0 Å². The molecule has 3 rings (SSSR count). The number of hydrogen-bond acceptors (Lipinski definition) is 5. The van der Waals surface area contributed by atoms with Crippen LogP contribution in [-0.4, -0.2) is 24.6 Å². The summed E-state index contributed by atoms with van der Waals surface area (Å²) >= 11 is 0. The highest BCUT2D eigenvalue weighted by Crippen LogP contribution is 2.12. The van der Waals surface area contributed by atoms with Crippen molar-refractivity contribution in [2.45, 2.75) is 25.9 Å². The van der Waals surface area contributed by atoms with Gasteiger partial charge in [-0.05, 0) is 19.1 Å². The fourth-order valence-electron chi connectivity index (χ4n) is 2.71. The van der Waals surface area contributed by atoms with E-state index >= 15 is 0 Å². The van der Waals surface area contributed by atoms with Crippen molar-refractivity contribution in [2.75, 3.05) is 0 Å². The summed E-state index contributed by atoms with van der Waals surface area (Å²) in [7, 11) is 2.97. The molecule has 0 radical (unpaired) electrons. The van der Waals surface area contributed by atoms with E-state index in [0.717, 1.165) is 4.57 Å². The molecule has 0 bridgehead atoms. The number of carbonyl (C=O) groups excluding carboxylic acids is 1. The van der Waals surface area contributed by atoms with Crippen molar-refractivity contribution in [1.82, 2.24) is 24.0 Å². The molecule has 0 saturated heterocycles. The summed E-state index contributed by atoms with van der Waals surface area (Å²) in [4.78, 5) is 40.5. The number of hydrogen-bond donors (Lipinski definition) is 1. The number of aromatic nitrogens is 4. The summed E-state index contributed by atoms with van der Waals surface area (Å²) in [6.45, 7) is 2.11. The van der Waals surface area contributed by atoms with Crippen molar-refractivity contribution in [3.8, 4) is 0 Å². The Morgan fingerprint density at radius 2 is 2.08 bits per heavy atom. The van der Waals surface area contributed by atoms with Crippen LogP contribution in [0, 0.1) is 0 Å². The largest absolute Gasteiger partial charge is 0.467 e. The first kappa shape index (κ1) is 16.7. The molecule has 0 aliphatic heterocycles. The maximum absolute atomic E-state index is 12.3. The van der Waals surface area contributed by atoms with E-state index in [0.29, 0.717) is 16.9 Å². The Bertz CT molecular complexity index is 1030. The second kappa shape index (κ2) is 6.42. The molecule has 25 heavy (non-hydrogen) atoms. The lowest BCUT2D eigenvalue weighted by Gasteiger charge is -2.12. The molecule has 0 aliphatic carbocycles. The normalized spacial score (nSPS) is 12.4. The number of imidazole rings is 1. The van der Waals surface area contributed by atoms with Crippen molar-refractivity contribution in [2.24, 2.45) is 14.1 Å². The Morgan fingerprint density at radius 3 is 2.76 bits per heavy atom. The first-order valence-corrected chi connectivity index (χ1v) is 7.83. The number of furan rings is 1. The standard InChI is InChI=1S/C16H19N5O4/c1-10(11-5-4-8-25-11)18-12(22)6-7-21-9-17-14-13(21)15(23)20(3)16(24)19(14)2/h4-5,8-10H,6-7H2,1-3H3,(H,18,22)/t10-/m0/s1. The average molecular weight is 345 g/mol. The number of aryl methyl sites for hydroxylation is 2. The fourth-order valence-corrected chi connectivity index (χ4v) is 2.71. The van der Waals surface area contributed by atoms with Crippen LogP contribution in [0.15, 0.2) is 38.7 Å². The molecule has 0 unspecified atom stereocenters. The first-order chi connectivity index (χ1) is 11.9. The quantitative estimate of drug-likeness (QED) is 0.716. The predicted molar refractivity (Wildman–Crippen MR) is 90.1 cm³/mol. The summed E-state index contributed by atoms with van der Waals surface area (Å²) in [5, 5.41) is 2.83. The van der Waals surface area contributed by atoms with Crippen LogP contribution in [0.4, 0.5) is 0 Å². The molecule has 1 atom stereocenters. The van der Waals surface area contributed by atoms with Crippen LogP contribution in [0.5, 0.6) is 0 Å². The van der Waals surface area contributed by atoms with Gasteiger partial charge in [0.2, 0.25) is 5.91 Å². The summed E-state index contributed by atoms with van der Waals surface area (Å²) in [5.41, 5.74) is -0.262. The molecule has 3 aromatic heterocycles. The van der Waals surface area contributed by atoms with E-state index in [2.05, 4.69) is 10.3 Å². The number of amides is 1. The maximum Gasteiger partial charge on any atom is 0.332 e. The maximum atomic E-state index is 12.3. The van der Waals surface area contributed by atoms with Gasteiger partial charge in [0.25, 0.3) is 5.56 Å². The number of carbonyl (C=O) groups is 1. The van der Waals surface area contributed by atoms with Gasteiger partial charge in [0.15, 0.2) is 11.2 Å². The highest BCUT2D eigenvalue weighted by molar-refractivity contribution is 5.76. The predicted octanol–water partition coefficient (Wildman–Crippen LogP) is 0.294. The van der Waals surface area contributed by atoms with Crippen molar-refractivity contribution >= 4 is 17.1 Å². The van der Waals surface area contributed by atoms with E-state index in [9.17, 15) is 14.4 Å². The SMILES string of the molecule is C[C@H](NC(=O)CCn1cnc2c1c(=O)n(C)c(=O)n2C)c1ccco1. The summed E-state index contributed by atoms with van der Waals surface area (Å²) in [6.07, 6.45) is 3.19. The van der Waals surface area contributed by atoms with Crippen LogP contribution in [-0.2, 0) is 25.4 Å². The molecule has 3 aromatic rings. The molecule has 0 aromatic carbocycles. The van der Waals surface area contributed by atoms with Crippen LogP contribution < -0.4 is 16.6 Å². The molecule has 1 N–H and O–H groups in total. The van der Waals surface area contributed by atoms with Gasteiger partial charge in [-0.15, -0.1) is 0 Å². The van der Waals surface area contributed by atoms with Crippen LogP contribution in [0.25, 0.3) is 11.2 Å². The zero-order valence-corrected chi connectivity index (χ0v) is 14.2. The molecule has 0 fully saturated rings. The Balaban J connectivity index is 1.77. The first-order valence-electron chi connectivity index (χ1n) is 7.83. The van der Waals surface area contributed by atoms with Gasteiger partial charge >= 0.3 is 5.69 Å². The minimum atomic E-state index is -0.437. The van der Waals surface area contributed by atoms with Gasteiger partial charge in [-0.25, -0.2) is 9.78 Å². The smallest absolute Gasteiger partial charge is 0.332 e. The summed E-state index contributed by atoms with van der Waals surface area (Å²) in [6, 6.07) is 3.31. The van der Waals surface area contributed by atoms with Crippen LogP contribution in [0.3, 0.4) is 0 Å². The number of fused-ring (bicyclic) bond motifs is 1. The lowest BCUT2D eigenvalue weighted by atomic mass is 10.2. The Labute approximate surface area is 142 Å². The molecular formula is C16H19N5O4. The van der Waals surface area contributed by atoms with Gasteiger partial charge in [-0.3, -0.25) is 18.7 Å². The molecule has 9 nitrogen and oxygen atoms in total. The lowest BCUT2D eigenvalue weighted by Crippen LogP contribution is -2.37. The van der Waals surface area contributed by atoms with Gasteiger partial charge in [-0.2, -0.15) is 0 Å². The minimum absolute atomic E-state index is 0.169. The Hall–Kier alpha value is -3.10. The van der Waals surface area contributed by atoms with Crippen molar-refractivity contribution < 1.29 is 9.21 Å². The Morgan fingerprint density at radius 1 is 1.32 bits per heavy atom. The minimum Gasteiger partial charge on any atom is -0.467 e. The van der Waals surface area contributed by atoms with Crippen LogP contribution in [0.1, 0.15) is 25.1 Å². The van der Waals surface area contributed by atoms with Gasteiger partial charge in [0.1, 0.15) is 5.76 Å². The van der Waals surface area contributed by atoms with Gasteiger partial charge in [0, 0.05) is 27.1 Å². The fraction of sp³-hybridized carbons (Fsp3) is 0.375. The second-order valence-corrected chi connectivity index (χ2v) is 5.87. The molecule has 3 heterocycles. The third-order valence-electron chi connectivity index (χ3n) is 4.14. The molecule has 9 heteroatoms. The molecule has 132 valence electrons. The van der Waals surface area contributed by atoms with Crippen molar-refractivity contribution in [3.63, 3.8) is 0 Å². The second-order valence-electron chi connectivity index (χ2n) is 5.87. The van der Waals surface area contributed by atoms with E-state index < -0.39 is 11.2 Å². The van der Waals surface area contributed by atoms with E-state index in [1.165, 1.54) is 17.9 Å². The molecular weight excluding hydrogens is 326 g/mol. The van der Waals surface area contributed by atoms with Crippen molar-refractivity contribution in [1.29, 1.82) is 0 Å². The third-order valence-corrected chi connectivity index (χ3v) is 4.14. The summed E-state index contributed by atoms with van der Waals surface area (Å²) < 4.78 is 9.18. The van der Waals surface area contributed by atoms with E-state index in [-0.39, 0.29) is 24.9 Å². The zero-order valence-electron chi connectivity index (χ0n) is 14.2. The van der Waals surface area contributed by atoms with E-state index in [4.69, 9.17) is 4.42 Å². The highest BCUT2D eigenvalue weighted by atomic mass is 16.3. The third kappa shape index (κ3) is 3.00. The number of nitrogens with zero attached hydrogens (tertiary/aromatic N) is 4. The average Bonchev–Trinajstić information content (AvgIpc) is 3.25. The van der Waals surface area contributed by atoms with Gasteiger partial charge < -0.3 is 14.3 Å².